The first kappa shape index (κ1) is 14.8. The van der Waals surface area contributed by atoms with Gasteiger partial charge in [0.05, 0.1) is 14.6 Å². The lowest BCUT2D eigenvalue weighted by Crippen LogP contribution is -2.52. The summed E-state index contributed by atoms with van der Waals surface area (Å²) in [6.45, 7) is -0.213. The van der Waals surface area contributed by atoms with E-state index < -0.39 is 43.0 Å². The Balaban J connectivity index is 1.43. The summed E-state index contributed by atoms with van der Waals surface area (Å²) >= 11 is 0. The summed E-state index contributed by atoms with van der Waals surface area (Å²) in [5.41, 5.74) is 2.07. The van der Waals surface area contributed by atoms with Gasteiger partial charge in [0.25, 0.3) is 5.91 Å². The number of nitrogens with zero attached hydrogens (tertiary/aromatic N) is 2. The summed E-state index contributed by atoms with van der Waals surface area (Å²) in [6, 6.07) is 8.72. The van der Waals surface area contributed by atoms with Crippen LogP contribution in [0.4, 0.5) is 5.69 Å². The average molecular weight is 456 g/mol. The molecule has 0 aliphatic carbocycles. The van der Waals surface area contributed by atoms with E-state index in [4.69, 9.17) is 14.3 Å². The van der Waals surface area contributed by atoms with Crippen LogP contribution in [-0.2, 0) is 33.9 Å². The summed E-state index contributed by atoms with van der Waals surface area (Å²) < 4.78 is 64.1. The quantitative estimate of drug-likeness (QED) is 0.647. The highest BCUT2D eigenvalue weighted by Crippen LogP contribution is 2.32. The molecule has 172 valence electrons. The number of piperidine rings is 1. The monoisotopic (exact) mass is 455 g/mol. The third-order valence-corrected chi connectivity index (χ3v) is 5.75. The third kappa shape index (κ3) is 4.49. The second-order valence-electron chi connectivity index (χ2n) is 7.83. The van der Waals surface area contributed by atoms with E-state index in [9.17, 15) is 14.4 Å². The van der Waals surface area contributed by atoms with Crippen LogP contribution in [0.1, 0.15) is 49.4 Å². The van der Waals surface area contributed by atoms with Crippen LogP contribution in [0.2, 0.25) is 0 Å². The molecule has 8 heteroatoms. The van der Waals surface area contributed by atoms with Gasteiger partial charge in [-0.1, -0.05) is 30.3 Å². The van der Waals surface area contributed by atoms with Crippen molar-refractivity contribution in [3.63, 3.8) is 0 Å². The summed E-state index contributed by atoms with van der Waals surface area (Å²) in [5, 5.41) is 4.93. The van der Waals surface area contributed by atoms with Gasteiger partial charge in [-0.25, -0.2) is 0 Å². The van der Waals surface area contributed by atoms with Crippen LogP contribution in [0.25, 0.3) is 0 Å². The summed E-state index contributed by atoms with van der Waals surface area (Å²) in [4.78, 5) is 40.6. The lowest BCUT2D eigenvalue weighted by Gasteiger charge is -2.29. The predicted molar refractivity (Wildman–Crippen MR) is 122 cm³/mol. The molecule has 0 bridgehead atoms. The van der Waals surface area contributed by atoms with Crippen molar-refractivity contribution in [1.29, 1.82) is 0 Å². The minimum atomic E-state index is -3.35. The fourth-order valence-electron chi connectivity index (χ4n) is 4.05. The van der Waals surface area contributed by atoms with Crippen molar-refractivity contribution < 1.29 is 28.7 Å². The molecule has 0 saturated carbocycles. The van der Waals surface area contributed by atoms with Gasteiger partial charge in [0.1, 0.15) is 6.02 Å². The Bertz CT molecular complexity index is 1380. The van der Waals surface area contributed by atoms with Gasteiger partial charge in [-0.15, -0.1) is 0 Å². The molecule has 3 aliphatic heterocycles. The van der Waals surface area contributed by atoms with Gasteiger partial charge in [-0.05, 0) is 29.6 Å². The number of benzene rings is 2. The number of nitrogens with one attached hydrogen (secondary N) is 2. The maximum atomic E-state index is 13.4. The van der Waals surface area contributed by atoms with Gasteiger partial charge in [-0.3, -0.25) is 24.6 Å². The maximum absolute atomic E-state index is 13.4. The van der Waals surface area contributed by atoms with Gasteiger partial charge in [0, 0.05) is 64.1 Å². The van der Waals surface area contributed by atoms with Crippen molar-refractivity contribution in [3.8, 4) is 0 Å². The highest BCUT2D eigenvalue weighted by Gasteiger charge is 2.39. The molecule has 2 fully saturated rings. The number of fused-ring (bicyclic) bond motifs is 1. The first-order chi connectivity index (χ1) is 18.7. The number of carbonyl (C=O) groups is 3. The number of imide groups is 1. The number of amides is 3. The van der Waals surface area contributed by atoms with Crippen LogP contribution in [0.3, 0.4) is 0 Å². The fourth-order valence-corrected chi connectivity index (χ4v) is 4.05. The van der Waals surface area contributed by atoms with Crippen molar-refractivity contribution in [3.05, 3.63) is 64.7 Å². The third-order valence-electron chi connectivity index (χ3n) is 5.75. The fraction of sp³-hybridized carbons (Fsp3) is 0.400. The first-order valence-electron chi connectivity index (χ1n) is 14.2. The minimum absolute atomic E-state index is 0.106. The Morgan fingerprint density at radius 1 is 1.12 bits per heavy atom. The van der Waals surface area contributed by atoms with Gasteiger partial charge in [-0.2, -0.15) is 0 Å². The number of carbonyl (C=O) groups excluding carboxylic acids is 3. The Hall–Kier alpha value is -3.23. The highest BCUT2D eigenvalue weighted by atomic mass is 16.5. The molecular weight excluding hydrogens is 420 g/mol. The zero-order valence-corrected chi connectivity index (χ0v) is 17.8. The minimum Gasteiger partial charge on any atom is -0.381 e. The SMILES string of the molecule is [2H]C([2H])(c1ccccc1CNc1cccc2c1CN(C1([2H])C(=O)NC(=O)C([2H])([2H])C1([2H])[2H])C2=O)N1CCOCC1. The lowest BCUT2D eigenvalue weighted by molar-refractivity contribution is -0.136. The molecule has 3 heterocycles. The molecule has 0 spiro atoms. The van der Waals surface area contributed by atoms with Crippen LogP contribution in [0, 0.1) is 0 Å². The second-order valence-corrected chi connectivity index (χ2v) is 7.83. The van der Waals surface area contributed by atoms with Crippen molar-refractivity contribution >= 4 is 23.4 Å². The number of anilines is 1. The van der Waals surface area contributed by atoms with Crippen LogP contribution < -0.4 is 10.6 Å². The van der Waals surface area contributed by atoms with Gasteiger partial charge >= 0.3 is 0 Å². The van der Waals surface area contributed by atoms with Crippen LogP contribution >= 0.6 is 0 Å². The highest BCUT2D eigenvalue weighted by molar-refractivity contribution is 6.06. The molecular formula is C25H28N4O4. The zero-order valence-electron chi connectivity index (χ0n) is 24.8. The molecule has 0 aromatic heterocycles. The molecule has 0 radical (unpaired) electrons. The molecule has 2 N–H and O–H groups in total. The smallest absolute Gasteiger partial charge is 0.255 e. The standard InChI is InChI=1S/C25H28N4O4/c30-23-9-8-22(24(31)27-23)29-16-20-19(25(29)32)6-3-7-21(20)26-14-17-4-1-2-5-18(17)15-28-10-12-33-13-11-28/h1-7,22,26H,8-16H2,(H,27,30,31)/i8D2,9D2,15D2,22D. The number of morpholine rings is 1. The van der Waals surface area contributed by atoms with E-state index in [0.717, 1.165) is 0 Å². The van der Waals surface area contributed by atoms with E-state index in [-0.39, 0.29) is 18.7 Å². The average Bonchev–Trinajstić information content (AvgIpc) is 3.28. The van der Waals surface area contributed by atoms with Crippen molar-refractivity contribution in [2.24, 2.45) is 0 Å². The van der Waals surface area contributed by atoms with Gasteiger partial charge < -0.3 is 15.0 Å². The summed E-state index contributed by atoms with van der Waals surface area (Å²) in [7, 11) is 0. The molecule has 1 unspecified atom stereocenters. The molecule has 2 aromatic rings. The van der Waals surface area contributed by atoms with Crippen LogP contribution in [-0.4, -0.2) is 59.8 Å². The van der Waals surface area contributed by atoms with Gasteiger partial charge in [0.2, 0.25) is 11.8 Å². The number of hydrogen-bond acceptors (Lipinski definition) is 6. The molecule has 1 atom stereocenters. The van der Waals surface area contributed by atoms with E-state index in [1.165, 1.54) is 6.07 Å². The van der Waals surface area contributed by atoms with E-state index in [1.54, 1.807) is 46.6 Å². The summed E-state index contributed by atoms with van der Waals surface area (Å²) in [5.74, 6) is -3.78. The van der Waals surface area contributed by atoms with Crippen molar-refractivity contribution in [1.82, 2.24) is 15.1 Å². The normalized spacial score (nSPS) is 30.0. The number of hydrogen-bond donors (Lipinski definition) is 2. The van der Waals surface area contributed by atoms with E-state index in [2.05, 4.69) is 5.32 Å². The molecule has 8 nitrogen and oxygen atoms in total. The molecule has 2 saturated heterocycles. The lowest BCUT2D eigenvalue weighted by atomic mass is 10.0. The second kappa shape index (κ2) is 9.33. The van der Waals surface area contributed by atoms with E-state index in [0.29, 0.717) is 53.6 Å². The summed E-state index contributed by atoms with van der Waals surface area (Å²) in [6.07, 6.45) is -6.60. The Kier molecular flexibility index (Phi) is 4.19. The molecule has 5 rings (SSSR count). The topological polar surface area (TPSA) is 91.0 Å². The first-order valence-corrected chi connectivity index (χ1v) is 10.7. The van der Waals surface area contributed by atoms with Crippen LogP contribution in [0.15, 0.2) is 42.5 Å². The number of rotatable bonds is 6. The number of ether oxygens (including phenoxy) is 1. The molecule has 3 amide bonds. The predicted octanol–water partition coefficient (Wildman–Crippen LogP) is 1.89. The zero-order chi connectivity index (χ0) is 29.1. The Morgan fingerprint density at radius 3 is 2.73 bits per heavy atom. The molecule has 3 aliphatic rings. The maximum Gasteiger partial charge on any atom is 0.255 e. The molecule has 2 aromatic carbocycles. The van der Waals surface area contributed by atoms with E-state index in [1.807, 2.05) is 0 Å². The largest absolute Gasteiger partial charge is 0.381 e. The Labute approximate surface area is 202 Å². The van der Waals surface area contributed by atoms with Crippen molar-refractivity contribution in [2.75, 3.05) is 31.6 Å². The van der Waals surface area contributed by atoms with E-state index >= 15 is 0 Å². The Morgan fingerprint density at radius 2 is 1.91 bits per heavy atom. The molecule has 33 heavy (non-hydrogen) atoms. The van der Waals surface area contributed by atoms with Crippen LogP contribution in [0.5, 0.6) is 0 Å². The van der Waals surface area contributed by atoms with Crippen molar-refractivity contribution in [2.45, 2.75) is 38.4 Å². The van der Waals surface area contributed by atoms with Gasteiger partial charge in [0.15, 0.2) is 0 Å².